The highest BCUT2D eigenvalue weighted by Crippen LogP contribution is 2.24. The Morgan fingerprint density at radius 1 is 0.969 bits per heavy atom. The van der Waals surface area contributed by atoms with Crippen LogP contribution in [0.1, 0.15) is 39.2 Å². The van der Waals surface area contributed by atoms with Gasteiger partial charge in [0.1, 0.15) is 16.8 Å². The van der Waals surface area contributed by atoms with Crippen LogP contribution in [0.4, 0.5) is 5.69 Å². The van der Waals surface area contributed by atoms with E-state index >= 15 is 0 Å². The summed E-state index contributed by atoms with van der Waals surface area (Å²) < 4.78 is 6.85. The van der Waals surface area contributed by atoms with E-state index in [1.54, 1.807) is 18.6 Å². The zero-order valence-corrected chi connectivity index (χ0v) is 20.1. The smallest absolute Gasteiger partial charge is 0.267 e. The fourth-order valence-electron chi connectivity index (χ4n) is 3.23. The quantitative estimate of drug-likeness (QED) is 0.352. The Labute approximate surface area is 195 Å². The number of carbonyl (C=O) groups is 1. The average Bonchev–Trinajstić information content (AvgIpc) is 3.18. The molecule has 3 aromatic carbocycles. The number of benzene rings is 3. The van der Waals surface area contributed by atoms with Crippen LogP contribution in [0.5, 0.6) is 5.75 Å². The molecule has 7 heteroatoms. The number of anilines is 1. The number of hydrogen-bond donors (Lipinski definition) is 1. The van der Waals surface area contributed by atoms with Gasteiger partial charge in [0.25, 0.3) is 5.91 Å². The van der Waals surface area contributed by atoms with Crippen molar-refractivity contribution in [1.29, 1.82) is 0 Å². The molecule has 0 saturated carbocycles. The third-order valence-electron chi connectivity index (χ3n) is 5.16. The minimum atomic E-state index is -1.06. The lowest BCUT2D eigenvalue weighted by molar-refractivity contribution is -0.128. The largest absolute Gasteiger partial charge is 0.478 e. The van der Waals surface area contributed by atoms with Gasteiger partial charge in [-0.15, -0.1) is 10.2 Å². The van der Waals surface area contributed by atoms with Gasteiger partial charge in [0.2, 0.25) is 0 Å². The van der Waals surface area contributed by atoms with Crippen LogP contribution in [0, 0.1) is 0 Å². The Balaban J connectivity index is 1.50. The first kappa shape index (κ1) is 22.0. The Bertz CT molecular complexity index is 1250. The third-order valence-corrected chi connectivity index (χ3v) is 5.69. The number of halogens is 1. The Kier molecular flexibility index (Phi) is 6.02. The summed E-state index contributed by atoms with van der Waals surface area (Å²) in [6.07, 6.45) is 0. The van der Waals surface area contributed by atoms with Crippen LogP contribution in [-0.2, 0) is 4.79 Å². The van der Waals surface area contributed by atoms with Crippen LogP contribution in [0.2, 0.25) is 0 Å². The van der Waals surface area contributed by atoms with E-state index in [0.717, 1.165) is 15.7 Å². The molecule has 4 aromatic rings. The predicted molar refractivity (Wildman–Crippen MR) is 130 cm³/mol. The van der Waals surface area contributed by atoms with E-state index in [1.807, 2.05) is 54.6 Å². The van der Waals surface area contributed by atoms with Crippen LogP contribution in [0.25, 0.3) is 16.7 Å². The SMILES string of the molecule is CC(C)c1ccc(-n2nc3ccc(NC(=O)C(C)(C)Oc4ccc(Br)cc4)cc3n2)cc1. The molecule has 1 amide bonds. The Morgan fingerprint density at radius 3 is 2.28 bits per heavy atom. The van der Waals surface area contributed by atoms with Gasteiger partial charge in [-0.1, -0.05) is 41.9 Å². The molecule has 0 spiro atoms. The molecule has 0 aliphatic carbocycles. The Morgan fingerprint density at radius 2 is 1.62 bits per heavy atom. The summed E-state index contributed by atoms with van der Waals surface area (Å²) in [4.78, 5) is 14.5. The molecule has 0 unspecified atom stereocenters. The molecule has 4 rings (SSSR count). The monoisotopic (exact) mass is 492 g/mol. The second-order valence-corrected chi connectivity index (χ2v) is 9.38. The van der Waals surface area contributed by atoms with E-state index < -0.39 is 5.60 Å². The molecule has 0 aliphatic rings. The number of aromatic nitrogens is 3. The molecule has 164 valence electrons. The summed E-state index contributed by atoms with van der Waals surface area (Å²) in [7, 11) is 0. The highest BCUT2D eigenvalue weighted by Gasteiger charge is 2.30. The van der Waals surface area contributed by atoms with Gasteiger partial charge in [-0.05, 0) is 79.9 Å². The summed E-state index contributed by atoms with van der Waals surface area (Å²) in [6.45, 7) is 7.80. The van der Waals surface area contributed by atoms with Crippen molar-refractivity contribution in [2.45, 2.75) is 39.2 Å². The van der Waals surface area contributed by atoms with Gasteiger partial charge in [-0.25, -0.2) is 0 Å². The summed E-state index contributed by atoms with van der Waals surface area (Å²) in [5.74, 6) is 0.837. The van der Waals surface area contributed by atoms with Gasteiger partial charge in [0, 0.05) is 10.2 Å². The number of nitrogens with one attached hydrogen (secondary N) is 1. The van der Waals surface area contributed by atoms with Crippen molar-refractivity contribution >= 4 is 38.6 Å². The normalized spacial score (nSPS) is 11.7. The zero-order chi connectivity index (χ0) is 22.9. The molecule has 0 fully saturated rings. The first-order valence-electron chi connectivity index (χ1n) is 10.4. The van der Waals surface area contributed by atoms with Crippen LogP contribution < -0.4 is 10.1 Å². The molecule has 0 bridgehead atoms. The number of amides is 1. The molecule has 1 heterocycles. The molecule has 0 aliphatic heterocycles. The second kappa shape index (κ2) is 8.74. The average molecular weight is 493 g/mol. The van der Waals surface area contributed by atoms with E-state index in [4.69, 9.17) is 4.74 Å². The Hall–Kier alpha value is -3.19. The predicted octanol–water partition coefficient (Wildman–Crippen LogP) is 6.10. The van der Waals surface area contributed by atoms with Gasteiger partial charge >= 0.3 is 0 Å². The van der Waals surface area contributed by atoms with Gasteiger partial charge in [0.15, 0.2) is 5.60 Å². The van der Waals surface area contributed by atoms with Gasteiger partial charge < -0.3 is 10.1 Å². The van der Waals surface area contributed by atoms with Gasteiger partial charge in [-0.3, -0.25) is 4.79 Å². The first-order chi connectivity index (χ1) is 15.2. The van der Waals surface area contributed by atoms with E-state index in [0.29, 0.717) is 22.9 Å². The van der Waals surface area contributed by atoms with E-state index in [1.165, 1.54) is 5.56 Å². The number of nitrogens with zero attached hydrogens (tertiary/aromatic N) is 3. The molecule has 1 aromatic heterocycles. The van der Waals surface area contributed by atoms with E-state index in [2.05, 4.69) is 57.4 Å². The molecular weight excluding hydrogens is 468 g/mol. The topological polar surface area (TPSA) is 69.0 Å². The van der Waals surface area contributed by atoms with Gasteiger partial charge in [0.05, 0.1) is 5.69 Å². The molecule has 0 saturated heterocycles. The second-order valence-electron chi connectivity index (χ2n) is 8.46. The van der Waals surface area contributed by atoms with E-state index in [9.17, 15) is 4.79 Å². The number of fused-ring (bicyclic) bond motifs is 1. The summed E-state index contributed by atoms with van der Waals surface area (Å²) in [5.41, 5.74) is 3.18. The lowest BCUT2D eigenvalue weighted by atomic mass is 10.0. The molecule has 1 N–H and O–H groups in total. The lowest BCUT2D eigenvalue weighted by Gasteiger charge is -2.25. The number of rotatable bonds is 6. The highest BCUT2D eigenvalue weighted by molar-refractivity contribution is 9.10. The fourth-order valence-corrected chi connectivity index (χ4v) is 3.49. The van der Waals surface area contributed by atoms with Crippen molar-refractivity contribution in [2.24, 2.45) is 0 Å². The molecule has 6 nitrogen and oxygen atoms in total. The summed E-state index contributed by atoms with van der Waals surface area (Å²) in [5, 5.41) is 12.1. The van der Waals surface area contributed by atoms with Gasteiger partial charge in [-0.2, -0.15) is 4.80 Å². The van der Waals surface area contributed by atoms with E-state index in [-0.39, 0.29) is 5.91 Å². The lowest BCUT2D eigenvalue weighted by Crippen LogP contribution is -2.42. The van der Waals surface area contributed by atoms with Crippen molar-refractivity contribution in [3.05, 3.63) is 76.8 Å². The van der Waals surface area contributed by atoms with Crippen molar-refractivity contribution in [3.8, 4) is 11.4 Å². The third kappa shape index (κ3) is 4.83. The maximum Gasteiger partial charge on any atom is 0.267 e. The maximum atomic E-state index is 12.9. The number of carbonyl (C=O) groups excluding carboxylic acids is 1. The number of hydrogen-bond acceptors (Lipinski definition) is 4. The molecule has 0 atom stereocenters. The number of ether oxygens (including phenoxy) is 1. The van der Waals surface area contributed by atoms with Crippen molar-refractivity contribution in [2.75, 3.05) is 5.32 Å². The van der Waals surface area contributed by atoms with Crippen LogP contribution >= 0.6 is 15.9 Å². The molecule has 0 radical (unpaired) electrons. The fraction of sp³-hybridized carbons (Fsp3) is 0.240. The zero-order valence-electron chi connectivity index (χ0n) is 18.5. The summed E-state index contributed by atoms with van der Waals surface area (Å²) in [6, 6.07) is 21.1. The van der Waals surface area contributed by atoms with Crippen molar-refractivity contribution < 1.29 is 9.53 Å². The van der Waals surface area contributed by atoms with Crippen LogP contribution in [-0.4, -0.2) is 26.5 Å². The van der Waals surface area contributed by atoms with Crippen LogP contribution in [0.3, 0.4) is 0 Å². The van der Waals surface area contributed by atoms with Crippen LogP contribution in [0.15, 0.2) is 71.2 Å². The first-order valence-corrected chi connectivity index (χ1v) is 11.2. The standard InChI is InChI=1S/C25H25BrN4O2/c1-16(2)17-5-10-20(11-6-17)30-28-22-14-9-19(15-23(22)29-30)27-24(31)25(3,4)32-21-12-7-18(26)8-13-21/h5-16H,1-4H3,(H,27,31). The maximum absolute atomic E-state index is 12.9. The minimum Gasteiger partial charge on any atom is -0.478 e. The molecular formula is C25H25BrN4O2. The molecule has 32 heavy (non-hydrogen) atoms. The summed E-state index contributed by atoms with van der Waals surface area (Å²) >= 11 is 3.40. The van der Waals surface area contributed by atoms with Crippen molar-refractivity contribution in [3.63, 3.8) is 0 Å². The van der Waals surface area contributed by atoms with Crippen molar-refractivity contribution in [1.82, 2.24) is 15.0 Å². The highest BCUT2D eigenvalue weighted by atomic mass is 79.9. The minimum absolute atomic E-state index is 0.253.